The molecule has 0 aromatic heterocycles. The Hall–Kier alpha value is -6.57. The van der Waals surface area contributed by atoms with Gasteiger partial charge in [0.25, 0.3) is 0 Å². The maximum atomic E-state index is 14.0. The molecule has 1 aliphatic heterocycles. The van der Waals surface area contributed by atoms with Crippen molar-refractivity contribution in [3.8, 4) is 11.5 Å². The number of rotatable bonds is 19. The van der Waals surface area contributed by atoms with E-state index in [4.69, 9.17) is 11.5 Å². The lowest BCUT2D eigenvalue weighted by molar-refractivity contribution is -0.142. The van der Waals surface area contributed by atoms with Gasteiger partial charge in [-0.05, 0) is 54.3 Å². The molecule has 0 bridgehead atoms. The van der Waals surface area contributed by atoms with Crippen molar-refractivity contribution in [2.24, 2.45) is 11.5 Å². The molecule has 1 heterocycles. The van der Waals surface area contributed by atoms with E-state index in [1.54, 1.807) is 42.5 Å². The summed E-state index contributed by atoms with van der Waals surface area (Å²) in [6.45, 7) is -0.368. The minimum atomic E-state index is -1.45. The highest BCUT2D eigenvalue weighted by Gasteiger charge is 2.42. The van der Waals surface area contributed by atoms with Gasteiger partial charge >= 0.3 is 0 Å². The Morgan fingerprint density at radius 1 is 0.712 bits per heavy atom. The van der Waals surface area contributed by atoms with E-state index in [1.807, 2.05) is 0 Å². The molecule has 1 aliphatic rings. The summed E-state index contributed by atoms with van der Waals surface area (Å²) in [6.07, 6.45) is -1.38. The van der Waals surface area contributed by atoms with Gasteiger partial charge in [0.2, 0.25) is 41.4 Å². The number of likely N-dealkylation sites (tertiary alicyclic amines) is 1. The molecule has 316 valence electrons. The smallest absolute Gasteiger partial charge is 0.246 e. The Kier molecular flexibility index (Phi) is 16.3. The molecule has 4 rings (SSSR count). The van der Waals surface area contributed by atoms with E-state index in [1.165, 1.54) is 43.3 Å². The first-order chi connectivity index (χ1) is 28.0. The minimum Gasteiger partial charge on any atom is -0.508 e. The number of phenolic OH excluding ortho intramolecular Hbond substituents is 2. The molecule has 0 radical (unpaired) electrons. The van der Waals surface area contributed by atoms with Gasteiger partial charge in [-0.25, -0.2) is 0 Å². The predicted octanol–water partition coefficient (Wildman–Crippen LogP) is -3.03. The summed E-state index contributed by atoms with van der Waals surface area (Å²) in [5, 5.41) is 51.6. The van der Waals surface area contributed by atoms with E-state index in [2.05, 4.69) is 26.6 Å². The molecular weight excluding hydrogens is 768 g/mol. The zero-order valence-corrected chi connectivity index (χ0v) is 32.2. The van der Waals surface area contributed by atoms with Gasteiger partial charge in [0.05, 0.1) is 25.3 Å². The number of hydrogen-bond donors (Lipinski definition) is 11. The number of aliphatic hydroxyl groups excluding tert-OH is 2. The van der Waals surface area contributed by atoms with E-state index in [-0.39, 0.29) is 43.7 Å². The summed E-state index contributed by atoms with van der Waals surface area (Å²) < 4.78 is 0. The number of carbonyl (C=O) groups excluding carboxylic acids is 7. The van der Waals surface area contributed by atoms with Crippen LogP contribution in [0, 0.1) is 0 Å². The fourth-order valence-corrected chi connectivity index (χ4v) is 6.30. The van der Waals surface area contributed by atoms with Gasteiger partial charge in [-0.1, -0.05) is 54.6 Å². The van der Waals surface area contributed by atoms with Gasteiger partial charge < -0.3 is 63.4 Å². The number of benzene rings is 3. The number of phenols is 2. The summed E-state index contributed by atoms with van der Waals surface area (Å²) in [6, 6.07) is 13.1. The van der Waals surface area contributed by atoms with Crippen LogP contribution in [-0.2, 0) is 52.8 Å². The van der Waals surface area contributed by atoms with Crippen LogP contribution in [0.1, 0.15) is 30.0 Å². The van der Waals surface area contributed by atoms with Gasteiger partial charge in [-0.2, -0.15) is 0 Å². The number of aliphatic hydroxyl groups is 2. The van der Waals surface area contributed by atoms with Crippen molar-refractivity contribution in [1.29, 1.82) is 0 Å². The van der Waals surface area contributed by atoms with Crippen LogP contribution in [0.25, 0.3) is 0 Å². The lowest BCUT2D eigenvalue weighted by Gasteiger charge is -2.29. The number of nitrogens with zero attached hydrogens (tertiary/aromatic N) is 1. The van der Waals surface area contributed by atoms with Crippen LogP contribution < -0.4 is 38.1 Å². The number of carbonyl (C=O) groups is 7. The van der Waals surface area contributed by atoms with Gasteiger partial charge in [0, 0.05) is 25.8 Å². The van der Waals surface area contributed by atoms with Crippen molar-refractivity contribution in [2.45, 2.75) is 75.0 Å². The molecule has 7 atom stereocenters. The molecule has 7 amide bonds. The molecule has 0 spiro atoms. The number of aromatic hydroxyl groups is 2. The predicted molar refractivity (Wildman–Crippen MR) is 211 cm³/mol. The maximum Gasteiger partial charge on any atom is 0.246 e. The molecule has 19 heteroatoms. The summed E-state index contributed by atoms with van der Waals surface area (Å²) in [7, 11) is 0. The fraction of sp³-hybridized carbons (Fsp3) is 0.375. The largest absolute Gasteiger partial charge is 0.508 e. The minimum absolute atomic E-state index is 0.00331. The molecule has 1 fully saturated rings. The second-order valence-corrected chi connectivity index (χ2v) is 14.2. The molecule has 19 nitrogen and oxygen atoms in total. The zero-order chi connectivity index (χ0) is 43.2. The zero-order valence-electron chi connectivity index (χ0n) is 32.2. The van der Waals surface area contributed by atoms with Crippen molar-refractivity contribution in [2.75, 3.05) is 19.7 Å². The summed E-state index contributed by atoms with van der Waals surface area (Å²) in [5.74, 6) is -5.64. The standard InChI is InChI=1S/C40H50N8O11/c1-22(44-37(56)29(41)15-24-7-11-26(50)12-8-24)36(55)46-30(16-23-5-3-2-4-6-23)38(57)43-19-34(53)45-31(17-25-9-13-27(51)14-10-25)40(59)48-20-28(52)18-33(48)39(58)47-32(21-49)35(42)54/h2-14,22,28-33,49-52H,15-21,41H2,1H3,(H2,42,54)(H,43,57)(H,44,56)(H,45,53)(H,46,55)(H,47,58)/t22-,28-,29+,30+,31+,32+,33+/m1/s1. The van der Waals surface area contributed by atoms with Crippen LogP contribution in [0.5, 0.6) is 11.5 Å². The van der Waals surface area contributed by atoms with E-state index < -0.39 is 96.9 Å². The Labute approximate surface area is 339 Å². The van der Waals surface area contributed by atoms with Gasteiger partial charge in [0.1, 0.15) is 41.7 Å². The summed E-state index contributed by atoms with van der Waals surface area (Å²) >= 11 is 0. The maximum absolute atomic E-state index is 14.0. The lowest BCUT2D eigenvalue weighted by Crippen LogP contribution is -2.58. The Balaban J connectivity index is 1.44. The van der Waals surface area contributed by atoms with Crippen LogP contribution >= 0.6 is 0 Å². The van der Waals surface area contributed by atoms with E-state index in [0.717, 1.165) is 4.90 Å². The molecule has 0 unspecified atom stereocenters. The molecule has 59 heavy (non-hydrogen) atoms. The van der Waals surface area contributed by atoms with Crippen molar-refractivity contribution in [3.05, 3.63) is 95.6 Å². The Bertz CT molecular complexity index is 1950. The molecule has 0 saturated carbocycles. The lowest BCUT2D eigenvalue weighted by atomic mass is 10.0. The van der Waals surface area contributed by atoms with E-state index in [9.17, 15) is 54.0 Å². The van der Waals surface area contributed by atoms with Crippen LogP contribution in [0.15, 0.2) is 78.9 Å². The van der Waals surface area contributed by atoms with Crippen LogP contribution in [-0.4, -0.2) is 129 Å². The molecule has 3 aromatic rings. The summed E-state index contributed by atoms with van der Waals surface area (Å²) in [4.78, 5) is 92.9. The van der Waals surface area contributed by atoms with E-state index in [0.29, 0.717) is 16.7 Å². The van der Waals surface area contributed by atoms with Crippen molar-refractivity contribution in [3.63, 3.8) is 0 Å². The third-order valence-electron chi connectivity index (χ3n) is 9.54. The van der Waals surface area contributed by atoms with Gasteiger partial charge in [0.15, 0.2) is 0 Å². The SMILES string of the molecule is C[C@@H](NC(=O)[C@@H](N)Cc1ccc(O)cc1)C(=O)N[C@@H](Cc1ccccc1)C(=O)NCC(=O)N[C@@H](Cc1ccc(O)cc1)C(=O)N1C[C@H](O)C[C@H]1C(=O)N[C@@H](CO)C(N)=O. The Morgan fingerprint density at radius 2 is 1.27 bits per heavy atom. The molecular formula is C40H50N8O11. The normalized spacial score (nSPS) is 17.3. The van der Waals surface area contributed by atoms with Gasteiger partial charge in [-0.3, -0.25) is 33.6 Å². The number of hydrogen-bond acceptors (Lipinski definition) is 12. The Morgan fingerprint density at radius 3 is 1.85 bits per heavy atom. The molecule has 3 aromatic carbocycles. The first kappa shape index (κ1) is 45.1. The molecule has 0 aliphatic carbocycles. The highest BCUT2D eigenvalue weighted by Crippen LogP contribution is 2.21. The number of nitrogens with one attached hydrogen (secondary N) is 5. The van der Waals surface area contributed by atoms with Crippen molar-refractivity contribution >= 4 is 41.4 Å². The van der Waals surface area contributed by atoms with Gasteiger partial charge in [-0.15, -0.1) is 0 Å². The molecule has 13 N–H and O–H groups in total. The van der Waals surface area contributed by atoms with Crippen LogP contribution in [0.2, 0.25) is 0 Å². The third-order valence-corrected chi connectivity index (χ3v) is 9.54. The first-order valence-corrected chi connectivity index (χ1v) is 18.8. The highest BCUT2D eigenvalue weighted by atomic mass is 16.3. The number of primary amides is 1. The van der Waals surface area contributed by atoms with E-state index >= 15 is 0 Å². The summed E-state index contributed by atoms with van der Waals surface area (Å²) in [5.41, 5.74) is 13.1. The van der Waals surface area contributed by atoms with Crippen molar-refractivity contribution < 1.29 is 54.0 Å². The van der Waals surface area contributed by atoms with Crippen LogP contribution in [0.3, 0.4) is 0 Å². The first-order valence-electron chi connectivity index (χ1n) is 18.8. The monoisotopic (exact) mass is 818 g/mol. The second-order valence-electron chi connectivity index (χ2n) is 14.2. The third kappa shape index (κ3) is 13.5. The van der Waals surface area contributed by atoms with Crippen molar-refractivity contribution in [1.82, 2.24) is 31.5 Å². The second kappa shape index (κ2) is 21.3. The fourth-order valence-electron chi connectivity index (χ4n) is 6.30. The number of amides is 7. The average Bonchev–Trinajstić information content (AvgIpc) is 3.61. The number of nitrogens with two attached hydrogens (primary N) is 2. The quantitative estimate of drug-likeness (QED) is 0.0576. The van der Waals surface area contributed by atoms with Crippen LogP contribution in [0.4, 0.5) is 0 Å². The molecule has 1 saturated heterocycles. The number of β-amino-alcohol motifs (C(OH)–C–C–N with tert-alkyl or cyclic N) is 1. The topological polar surface area (TPSA) is 316 Å². The average molecular weight is 819 g/mol. The highest BCUT2D eigenvalue weighted by molar-refractivity contribution is 5.96.